The lowest BCUT2D eigenvalue weighted by Crippen LogP contribution is -2.28. The molecular weight excluding hydrogens is 373 g/mol. The molecule has 0 aliphatic heterocycles. The van der Waals surface area contributed by atoms with Crippen molar-refractivity contribution in [2.45, 2.75) is 33.0 Å². The fourth-order valence-corrected chi connectivity index (χ4v) is 2.35. The van der Waals surface area contributed by atoms with Crippen LogP contribution >= 0.6 is 11.6 Å². The van der Waals surface area contributed by atoms with Crippen molar-refractivity contribution in [3.05, 3.63) is 46.1 Å². The summed E-state index contributed by atoms with van der Waals surface area (Å²) >= 11 is 5.74. The number of ether oxygens (including phenoxy) is 1. The van der Waals surface area contributed by atoms with Crippen LogP contribution in [0.1, 0.15) is 40.3 Å². The molecule has 1 atom stereocenters. The van der Waals surface area contributed by atoms with Crippen LogP contribution in [-0.2, 0) is 0 Å². The van der Waals surface area contributed by atoms with E-state index in [1.165, 1.54) is 12.3 Å². The molecule has 0 radical (unpaired) electrons. The van der Waals surface area contributed by atoms with E-state index in [0.29, 0.717) is 16.8 Å². The molecule has 6 nitrogen and oxygen atoms in total. The molecule has 2 aromatic rings. The Bertz CT molecular complexity index is 794. The Kier molecular flexibility index (Phi) is 6.01. The zero-order valence-electron chi connectivity index (χ0n) is 14.2. The predicted molar refractivity (Wildman–Crippen MR) is 88.2 cm³/mol. The lowest BCUT2D eigenvalue weighted by Gasteiger charge is -2.16. The van der Waals surface area contributed by atoms with Crippen LogP contribution in [0.5, 0.6) is 5.88 Å². The lowest BCUT2D eigenvalue weighted by molar-refractivity contribution is -0.154. The van der Waals surface area contributed by atoms with Gasteiger partial charge in [0.1, 0.15) is 5.69 Å². The van der Waals surface area contributed by atoms with Crippen LogP contribution < -0.4 is 10.1 Å². The minimum Gasteiger partial charge on any atom is -0.468 e. The number of halogens is 4. The first-order chi connectivity index (χ1) is 12.0. The molecule has 1 amide bonds. The number of rotatable bonds is 5. The third kappa shape index (κ3) is 5.55. The first kappa shape index (κ1) is 19.9. The number of hydrogen-bond acceptors (Lipinski definition) is 5. The normalized spacial score (nSPS) is 12.6. The van der Waals surface area contributed by atoms with Crippen molar-refractivity contribution in [3.8, 4) is 5.88 Å². The van der Waals surface area contributed by atoms with Gasteiger partial charge in [-0.05, 0) is 50.1 Å². The van der Waals surface area contributed by atoms with E-state index in [1.54, 1.807) is 26.8 Å². The molecule has 10 heteroatoms. The largest absolute Gasteiger partial charge is 0.468 e. The summed E-state index contributed by atoms with van der Waals surface area (Å²) in [6.07, 6.45) is -3.09. The molecule has 0 saturated carbocycles. The van der Waals surface area contributed by atoms with E-state index in [1.807, 2.05) is 0 Å². The Labute approximate surface area is 152 Å². The molecule has 0 spiro atoms. The van der Waals surface area contributed by atoms with Gasteiger partial charge >= 0.3 is 6.18 Å². The second-order valence-electron chi connectivity index (χ2n) is 5.65. The molecule has 2 heterocycles. The number of carbonyl (C=O) groups is 1. The number of aryl methyl sites for hydroxylation is 2. The van der Waals surface area contributed by atoms with Crippen LogP contribution in [-0.4, -0.2) is 33.6 Å². The van der Waals surface area contributed by atoms with Gasteiger partial charge in [0, 0.05) is 17.5 Å². The highest BCUT2D eigenvalue weighted by Crippen LogP contribution is 2.22. The number of amides is 1. The zero-order valence-corrected chi connectivity index (χ0v) is 14.9. The number of nitrogens with one attached hydrogen (secondary N) is 1. The van der Waals surface area contributed by atoms with Crippen LogP contribution in [0.3, 0.4) is 0 Å². The topological polar surface area (TPSA) is 77.0 Å². The van der Waals surface area contributed by atoms with Gasteiger partial charge in [0.15, 0.2) is 6.61 Å². The van der Waals surface area contributed by atoms with E-state index < -0.39 is 24.7 Å². The fourth-order valence-electron chi connectivity index (χ4n) is 2.12. The Morgan fingerprint density at radius 3 is 2.58 bits per heavy atom. The molecule has 1 unspecified atom stereocenters. The lowest BCUT2D eigenvalue weighted by atomic mass is 10.1. The average Bonchev–Trinajstić information content (AvgIpc) is 2.51. The highest BCUT2D eigenvalue weighted by atomic mass is 35.5. The quantitative estimate of drug-likeness (QED) is 0.792. The third-order valence-corrected chi connectivity index (χ3v) is 3.50. The Morgan fingerprint density at radius 1 is 1.31 bits per heavy atom. The van der Waals surface area contributed by atoms with Gasteiger partial charge < -0.3 is 10.1 Å². The van der Waals surface area contributed by atoms with Crippen LogP contribution in [0.25, 0.3) is 0 Å². The number of alkyl halides is 3. The zero-order chi connectivity index (χ0) is 19.5. The van der Waals surface area contributed by atoms with Crippen molar-refractivity contribution in [1.29, 1.82) is 0 Å². The van der Waals surface area contributed by atoms with Gasteiger partial charge in [0.25, 0.3) is 5.91 Å². The highest BCUT2D eigenvalue weighted by Gasteiger charge is 2.29. The molecule has 0 saturated heterocycles. The maximum absolute atomic E-state index is 12.3. The molecule has 2 aromatic heterocycles. The molecule has 26 heavy (non-hydrogen) atoms. The van der Waals surface area contributed by atoms with Crippen molar-refractivity contribution >= 4 is 17.5 Å². The van der Waals surface area contributed by atoms with Crippen LogP contribution in [0.2, 0.25) is 5.28 Å². The first-order valence-electron chi connectivity index (χ1n) is 7.53. The van der Waals surface area contributed by atoms with Gasteiger partial charge in [-0.3, -0.25) is 4.79 Å². The summed E-state index contributed by atoms with van der Waals surface area (Å²) in [6.45, 7) is 3.55. The molecule has 0 bridgehead atoms. The molecule has 2 rings (SSSR count). The van der Waals surface area contributed by atoms with E-state index in [0.717, 1.165) is 0 Å². The van der Waals surface area contributed by atoms with Crippen molar-refractivity contribution in [1.82, 2.24) is 20.3 Å². The molecule has 0 fully saturated rings. The van der Waals surface area contributed by atoms with E-state index in [9.17, 15) is 18.0 Å². The van der Waals surface area contributed by atoms with Gasteiger partial charge in [0.05, 0.1) is 6.04 Å². The standard InChI is InChI=1S/C16H16ClF3N4O2/c1-8-4-11(6-21-14(8)26-7-16(18,19)20)10(3)23-13(25)12-5-9(2)22-15(17)24-12/h4-6,10H,7H2,1-3H3,(H,23,25). The SMILES string of the molecule is Cc1cc(C(=O)NC(C)c2cnc(OCC(F)(F)F)c(C)c2)nc(Cl)n1. The molecule has 140 valence electrons. The van der Waals surface area contributed by atoms with Crippen LogP contribution in [0, 0.1) is 13.8 Å². The minimum atomic E-state index is -4.44. The third-order valence-electron chi connectivity index (χ3n) is 3.33. The number of hydrogen-bond donors (Lipinski definition) is 1. The van der Waals surface area contributed by atoms with Gasteiger partial charge in [0.2, 0.25) is 11.2 Å². The predicted octanol–water partition coefficient (Wildman–Crippen LogP) is 3.57. The summed E-state index contributed by atoms with van der Waals surface area (Å²) in [7, 11) is 0. The van der Waals surface area contributed by atoms with E-state index in [-0.39, 0.29) is 16.9 Å². The Hall–Kier alpha value is -2.42. The molecule has 0 aromatic carbocycles. The Balaban J connectivity index is 2.08. The maximum Gasteiger partial charge on any atom is 0.422 e. The summed E-state index contributed by atoms with van der Waals surface area (Å²) in [4.78, 5) is 23.9. The average molecular weight is 389 g/mol. The monoisotopic (exact) mass is 388 g/mol. The van der Waals surface area contributed by atoms with Crippen LogP contribution in [0.4, 0.5) is 13.2 Å². The molecule has 0 aliphatic carbocycles. The summed E-state index contributed by atoms with van der Waals surface area (Å²) in [6, 6.07) is 2.63. The minimum absolute atomic E-state index is 0.0357. The summed E-state index contributed by atoms with van der Waals surface area (Å²) in [5.74, 6) is -0.567. The van der Waals surface area contributed by atoms with Gasteiger partial charge in [-0.25, -0.2) is 15.0 Å². The first-order valence-corrected chi connectivity index (χ1v) is 7.91. The summed E-state index contributed by atoms with van der Waals surface area (Å²) in [5.41, 5.74) is 1.69. The van der Waals surface area contributed by atoms with E-state index >= 15 is 0 Å². The maximum atomic E-state index is 12.3. The molecule has 0 aliphatic rings. The number of nitrogens with zero attached hydrogens (tertiary/aromatic N) is 3. The van der Waals surface area contributed by atoms with Crippen LogP contribution in [0.15, 0.2) is 18.3 Å². The van der Waals surface area contributed by atoms with Gasteiger partial charge in [-0.1, -0.05) is 0 Å². The smallest absolute Gasteiger partial charge is 0.422 e. The molecule has 1 N–H and O–H groups in total. The van der Waals surface area contributed by atoms with Crippen molar-refractivity contribution in [3.63, 3.8) is 0 Å². The fraction of sp³-hybridized carbons (Fsp3) is 0.375. The summed E-state index contributed by atoms with van der Waals surface area (Å²) < 4.78 is 41.3. The highest BCUT2D eigenvalue weighted by molar-refractivity contribution is 6.28. The van der Waals surface area contributed by atoms with E-state index in [4.69, 9.17) is 11.6 Å². The van der Waals surface area contributed by atoms with Gasteiger partial charge in [-0.15, -0.1) is 0 Å². The number of aromatic nitrogens is 3. The van der Waals surface area contributed by atoms with Gasteiger partial charge in [-0.2, -0.15) is 13.2 Å². The van der Waals surface area contributed by atoms with Crippen molar-refractivity contribution in [2.24, 2.45) is 0 Å². The number of pyridine rings is 1. The van der Waals surface area contributed by atoms with E-state index in [2.05, 4.69) is 25.0 Å². The summed E-state index contributed by atoms with van der Waals surface area (Å²) in [5, 5.41) is 2.69. The van der Waals surface area contributed by atoms with Crippen molar-refractivity contribution in [2.75, 3.05) is 6.61 Å². The second kappa shape index (κ2) is 7.86. The molecular formula is C16H16ClF3N4O2. The Morgan fingerprint density at radius 2 is 2.00 bits per heavy atom. The second-order valence-corrected chi connectivity index (χ2v) is 5.99. The van der Waals surface area contributed by atoms with Crippen molar-refractivity contribution < 1.29 is 22.7 Å². The number of carbonyl (C=O) groups excluding carboxylic acids is 1.